The zero-order valence-corrected chi connectivity index (χ0v) is 13.7. The number of aromatic amines is 1. The van der Waals surface area contributed by atoms with Gasteiger partial charge < -0.3 is 4.74 Å². The summed E-state index contributed by atoms with van der Waals surface area (Å²) >= 11 is 0. The second kappa shape index (κ2) is 4.90. The summed E-state index contributed by atoms with van der Waals surface area (Å²) in [6.45, 7) is 3.84. The van der Waals surface area contributed by atoms with Crippen LogP contribution in [0.25, 0.3) is 16.7 Å². The van der Waals surface area contributed by atoms with Crippen LogP contribution in [-0.2, 0) is 5.67 Å². The van der Waals surface area contributed by atoms with Crippen molar-refractivity contribution >= 4 is 11.0 Å². The Morgan fingerprint density at radius 1 is 1.29 bits per heavy atom. The van der Waals surface area contributed by atoms with E-state index in [1.165, 1.54) is 7.11 Å². The van der Waals surface area contributed by atoms with Gasteiger partial charge in [0.1, 0.15) is 11.1 Å². The third-order valence-electron chi connectivity index (χ3n) is 4.49. The van der Waals surface area contributed by atoms with Gasteiger partial charge in [-0.2, -0.15) is 4.98 Å². The summed E-state index contributed by atoms with van der Waals surface area (Å²) in [6, 6.07) is 3.84. The Kier molecular flexibility index (Phi) is 3.03. The van der Waals surface area contributed by atoms with Gasteiger partial charge in [0, 0.05) is 6.20 Å². The van der Waals surface area contributed by atoms with Gasteiger partial charge in [-0.1, -0.05) is 12.1 Å². The van der Waals surface area contributed by atoms with Crippen molar-refractivity contribution in [2.24, 2.45) is 0 Å². The molecular weight excluding hydrogens is 311 g/mol. The molecule has 1 N–H and O–H groups in total. The van der Waals surface area contributed by atoms with Crippen molar-refractivity contribution < 1.29 is 9.13 Å². The maximum atomic E-state index is 14.3. The van der Waals surface area contributed by atoms with Crippen LogP contribution in [0.5, 0.6) is 6.01 Å². The van der Waals surface area contributed by atoms with Gasteiger partial charge in [-0.3, -0.25) is 9.78 Å². The molecule has 0 radical (unpaired) electrons. The van der Waals surface area contributed by atoms with E-state index in [2.05, 4.69) is 15.1 Å². The highest BCUT2D eigenvalue weighted by Gasteiger charge is 2.45. The summed E-state index contributed by atoms with van der Waals surface area (Å²) in [5, 5.41) is 4.77. The molecule has 1 saturated carbocycles. The topological polar surface area (TPSA) is 72.8 Å². The van der Waals surface area contributed by atoms with E-state index in [9.17, 15) is 9.18 Å². The summed E-state index contributed by atoms with van der Waals surface area (Å²) in [4.78, 5) is 18.8. The number of hydrogen-bond acceptors (Lipinski definition) is 4. The number of aryl methyl sites for hydroxylation is 2. The Morgan fingerprint density at radius 2 is 1.96 bits per heavy atom. The third kappa shape index (κ3) is 2.19. The van der Waals surface area contributed by atoms with Gasteiger partial charge in [0.05, 0.1) is 12.8 Å². The lowest BCUT2D eigenvalue weighted by Gasteiger charge is -2.14. The molecule has 7 heteroatoms. The molecule has 1 aromatic carbocycles. The summed E-state index contributed by atoms with van der Waals surface area (Å²) < 4.78 is 20.9. The van der Waals surface area contributed by atoms with Gasteiger partial charge in [0.25, 0.3) is 11.6 Å². The summed E-state index contributed by atoms with van der Waals surface area (Å²) in [7, 11) is 1.43. The maximum Gasteiger partial charge on any atom is 0.298 e. The highest BCUT2D eigenvalue weighted by atomic mass is 19.1. The van der Waals surface area contributed by atoms with Crippen molar-refractivity contribution in [2.45, 2.75) is 32.4 Å². The van der Waals surface area contributed by atoms with E-state index in [1.54, 1.807) is 10.9 Å². The number of rotatable bonds is 3. The lowest BCUT2D eigenvalue weighted by Crippen LogP contribution is -2.08. The molecule has 3 aromatic rings. The number of hydrogen-bond donors (Lipinski definition) is 1. The first-order chi connectivity index (χ1) is 11.4. The molecule has 0 aliphatic heterocycles. The van der Waals surface area contributed by atoms with E-state index in [0.29, 0.717) is 23.9 Å². The van der Waals surface area contributed by atoms with Gasteiger partial charge in [-0.25, -0.2) is 9.07 Å². The Balaban J connectivity index is 1.88. The average Bonchev–Trinajstić information content (AvgIpc) is 3.14. The number of halogens is 1. The summed E-state index contributed by atoms with van der Waals surface area (Å²) in [6.07, 6.45) is 2.80. The number of benzene rings is 1. The van der Waals surface area contributed by atoms with E-state index in [0.717, 1.165) is 22.4 Å². The first kappa shape index (κ1) is 14.9. The van der Waals surface area contributed by atoms with E-state index in [-0.39, 0.29) is 11.6 Å². The number of ether oxygens (including phenoxy) is 1. The molecule has 124 valence electrons. The number of methoxy groups -OCH3 is 1. The molecule has 24 heavy (non-hydrogen) atoms. The maximum absolute atomic E-state index is 14.3. The second-order valence-corrected chi connectivity index (χ2v) is 6.31. The number of nitrogens with one attached hydrogen (secondary N) is 1. The molecule has 2 heterocycles. The molecule has 0 amide bonds. The Hall–Kier alpha value is -2.70. The standard InChI is InChI=1S/C17H17FN4O2/c1-9-6-11(17(18)4-5-17)7-10(2)13(9)22-8-12-14(21-22)19-16(24-3)20-15(12)23/h6-8H,4-5H2,1-3H3,(H,19,20,21,23). The number of fused-ring (bicyclic) bond motifs is 1. The number of aromatic nitrogens is 4. The van der Waals surface area contributed by atoms with Gasteiger partial charge in [-0.05, 0) is 43.4 Å². The predicted octanol–water partition coefficient (Wildman–Crippen LogP) is 2.69. The summed E-state index contributed by atoms with van der Waals surface area (Å²) in [5.41, 5.74) is 2.19. The molecule has 2 aromatic heterocycles. The van der Waals surface area contributed by atoms with Crippen LogP contribution in [0.1, 0.15) is 29.5 Å². The normalized spacial score (nSPS) is 15.7. The number of alkyl halides is 1. The quantitative estimate of drug-likeness (QED) is 0.802. The van der Waals surface area contributed by atoms with Gasteiger partial charge >= 0.3 is 0 Å². The van der Waals surface area contributed by atoms with Crippen molar-refractivity contribution in [3.63, 3.8) is 0 Å². The van der Waals surface area contributed by atoms with Crippen molar-refractivity contribution in [3.8, 4) is 11.7 Å². The number of nitrogens with zero attached hydrogens (tertiary/aromatic N) is 3. The molecule has 1 fully saturated rings. The van der Waals surface area contributed by atoms with Crippen molar-refractivity contribution in [3.05, 3.63) is 45.4 Å². The van der Waals surface area contributed by atoms with Crippen LogP contribution in [0, 0.1) is 13.8 Å². The Morgan fingerprint density at radius 3 is 2.54 bits per heavy atom. The average molecular weight is 328 g/mol. The largest absolute Gasteiger partial charge is 0.468 e. The van der Waals surface area contributed by atoms with Crippen molar-refractivity contribution in [1.82, 2.24) is 19.7 Å². The molecule has 1 aliphatic carbocycles. The zero-order valence-electron chi connectivity index (χ0n) is 13.7. The monoisotopic (exact) mass is 328 g/mol. The molecular formula is C17H17FN4O2. The highest BCUT2D eigenvalue weighted by Crippen LogP contribution is 2.50. The molecule has 6 nitrogen and oxygen atoms in total. The fourth-order valence-electron chi connectivity index (χ4n) is 3.08. The predicted molar refractivity (Wildman–Crippen MR) is 87.5 cm³/mol. The smallest absolute Gasteiger partial charge is 0.298 e. The van der Waals surface area contributed by atoms with E-state index in [4.69, 9.17) is 4.74 Å². The minimum Gasteiger partial charge on any atom is -0.468 e. The van der Waals surface area contributed by atoms with Gasteiger partial charge in [0.2, 0.25) is 0 Å². The fraction of sp³-hybridized carbons (Fsp3) is 0.353. The second-order valence-electron chi connectivity index (χ2n) is 6.31. The van der Waals surface area contributed by atoms with Crippen LogP contribution < -0.4 is 10.3 Å². The van der Waals surface area contributed by atoms with Crippen molar-refractivity contribution in [1.29, 1.82) is 0 Å². The van der Waals surface area contributed by atoms with Crippen LogP contribution in [0.4, 0.5) is 4.39 Å². The van der Waals surface area contributed by atoms with E-state index >= 15 is 0 Å². The Bertz CT molecular complexity index is 994. The van der Waals surface area contributed by atoms with Crippen LogP contribution in [0.3, 0.4) is 0 Å². The molecule has 0 unspecified atom stereocenters. The first-order valence-electron chi connectivity index (χ1n) is 7.76. The minimum atomic E-state index is -1.17. The van der Waals surface area contributed by atoms with Crippen LogP contribution >= 0.6 is 0 Å². The van der Waals surface area contributed by atoms with Crippen LogP contribution in [-0.4, -0.2) is 26.9 Å². The highest BCUT2D eigenvalue weighted by molar-refractivity contribution is 5.74. The minimum absolute atomic E-state index is 0.120. The molecule has 4 rings (SSSR count). The molecule has 0 atom stereocenters. The first-order valence-corrected chi connectivity index (χ1v) is 7.76. The lowest BCUT2D eigenvalue weighted by atomic mass is 10.0. The zero-order chi connectivity index (χ0) is 17.1. The third-order valence-corrected chi connectivity index (χ3v) is 4.49. The molecule has 0 bridgehead atoms. The molecule has 0 saturated heterocycles. The fourth-order valence-corrected chi connectivity index (χ4v) is 3.08. The SMILES string of the molecule is COc1nc2nn(-c3c(C)cc(C4(F)CC4)cc3C)cc2c(=O)[nH]1. The lowest BCUT2D eigenvalue weighted by molar-refractivity contribution is 0.317. The summed E-state index contributed by atoms with van der Waals surface area (Å²) in [5.74, 6) is 0. The number of H-pyrrole nitrogens is 1. The Labute approximate surface area is 137 Å². The molecule has 1 aliphatic rings. The molecule has 0 spiro atoms. The van der Waals surface area contributed by atoms with E-state index < -0.39 is 5.67 Å². The van der Waals surface area contributed by atoms with Gasteiger partial charge in [0.15, 0.2) is 5.65 Å². The van der Waals surface area contributed by atoms with E-state index in [1.807, 2.05) is 26.0 Å². The van der Waals surface area contributed by atoms with Crippen molar-refractivity contribution in [2.75, 3.05) is 7.11 Å². The van der Waals surface area contributed by atoms with Gasteiger partial charge in [-0.15, -0.1) is 5.10 Å². The van der Waals surface area contributed by atoms with Crippen LogP contribution in [0.15, 0.2) is 23.1 Å². The van der Waals surface area contributed by atoms with Crippen LogP contribution in [0.2, 0.25) is 0 Å².